The molecule has 0 saturated carbocycles. The summed E-state index contributed by atoms with van der Waals surface area (Å²) in [6.07, 6.45) is 6.34. The molecule has 2 aromatic heterocycles. The van der Waals surface area contributed by atoms with Gasteiger partial charge >= 0.3 is 0 Å². The maximum Gasteiger partial charge on any atom is 0.250 e. The molecule has 0 bridgehead atoms. The zero-order valence-electron chi connectivity index (χ0n) is 13.1. The lowest BCUT2D eigenvalue weighted by Gasteiger charge is -2.23. The fourth-order valence-corrected chi connectivity index (χ4v) is 2.89. The highest BCUT2D eigenvalue weighted by Crippen LogP contribution is 2.29. The highest BCUT2D eigenvalue weighted by molar-refractivity contribution is 6.33. The monoisotopic (exact) mass is 345 g/mol. The summed E-state index contributed by atoms with van der Waals surface area (Å²) in [5, 5.41) is 3.66. The van der Waals surface area contributed by atoms with Crippen LogP contribution in [0.15, 0.2) is 24.4 Å². The Hall–Kier alpha value is -2.18. The summed E-state index contributed by atoms with van der Waals surface area (Å²) < 4.78 is 5.36. The Balaban J connectivity index is 1.88. The van der Waals surface area contributed by atoms with Crippen LogP contribution in [-0.2, 0) is 4.74 Å². The van der Waals surface area contributed by atoms with Crippen LogP contribution < -0.4 is 11.1 Å². The summed E-state index contributed by atoms with van der Waals surface area (Å²) in [7, 11) is 0. The van der Waals surface area contributed by atoms with Crippen LogP contribution in [0.5, 0.6) is 0 Å². The van der Waals surface area contributed by atoms with E-state index in [1.807, 2.05) is 0 Å². The maximum atomic E-state index is 11.7. The lowest BCUT2D eigenvalue weighted by molar-refractivity contribution is 0.0699. The Morgan fingerprint density at radius 2 is 2.25 bits per heavy atom. The van der Waals surface area contributed by atoms with E-state index in [-0.39, 0.29) is 5.56 Å². The average molecular weight is 346 g/mol. The number of carbonyl (C=O) groups is 1. The SMILES string of the molecule is NC(=O)c1cc(Cl)c(NCC2CCOCC2)nc1-c1c[c]ncc1. The summed E-state index contributed by atoms with van der Waals surface area (Å²) in [5.74, 6) is 0.484. The molecular formula is C17H18ClN4O2. The number of carbonyl (C=O) groups excluding carboxylic acids is 1. The number of aromatic nitrogens is 2. The van der Waals surface area contributed by atoms with E-state index in [1.54, 1.807) is 24.4 Å². The number of anilines is 1. The van der Waals surface area contributed by atoms with Gasteiger partial charge in [-0.2, -0.15) is 0 Å². The van der Waals surface area contributed by atoms with Crippen LogP contribution in [0, 0.1) is 12.1 Å². The third-order valence-electron chi connectivity index (χ3n) is 4.04. The molecule has 3 heterocycles. The molecule has 0 atom stereocenters. The number of halogens is 1. The minimum absolute atomic E-state index is 0.274. The Bertz CT molecular complexity index is 718. The molecule has 6 nitrogen and oxygen atoms in total. The van der Waals surface area contributed by atoms with E-state index < -0.39 is 5.91 Å². The van der Waals surface area contributed by atoms with Crippen molar-refractivity contribution < 1.29 is 9.53 Å². The number of hydrogen-bond donors (Lipinski definition) is 2. The fourth-order valence-electron chi connectivity index (χ4n) is 2.68. The molecule has 1 radical (unpaired) electrons. The van der Waals surface area contributed by atoms with Gasteiger partial charge in [-0.15, -0.1) is 0 Å². The Labute approximate surface area is 145 Å². The Kier molecular flexibility index (Phi) is 5.27. The number of ether oxygens (including phenoxy) is 1. The second-order valence-electron chi connectivity index (χ2n) is 5.69. The molecule has 0 unspecified atom stereocenters. The van der Waals surface area contributed by atoms with Gasteiger partial charge in [0.05, 0.1) is 22.5 Å². The van der Waals surface area contributed by atoms with Crippen LogP contribution in [-0.4, -0.2) is 35.6 Å². The summed E-state index contributed by atoms with van der Waals surface area (Å²) in [6, 6.07) is 4.96. The van der Waals surface area contributed by atoms with E-state index in [0.29, 0.717) is 28.0 Å². The molecule has 3 N–H and O–H groups in total. The predicted molar refractivity (Wildman–Crippen MR) is 91.9 cm³/mol. The zero-order valence-corrected chi connectivity index (χ0v) is 13.8. The number of amides is 1. The van der Waals surface area contributed by atoms with E-state index in [1.165, 1.54) is 0 Å². The van der Waals surface area contributed by atoms with Gasteiger partial charge < -0.3 is 15.8 Å². The average Bonchev–Trinajstić information content (AvgIpc) is 2.62. The molecule has 1 saturated heterocycles. The van der Waals surface area contributed by atoms with E-state index >= 15 is 0 Å². The van der Waals surface area contributed by atoms with Crippen molar-refractivity contribution in [3.05, 3.63) is 41.2 Å². The first-order chi connectivity index (χ1) is 11.6. The summed E-state index contributed by atoms with van der Waals surface area (Å²) in [5.41, 5.74) is 6.92. The molecule has 24 heavy (non-hydrogen) atoms. The smallest absolute Gasteiger partial charge is 0.250 e. The maximum absolute atomic E-state index is 11.7. The van der Waals surface area contributed by atoms with Crippen molar-refractivity contribution in [3.63, 3.8) is 0 Å². The van der Waals surface area contributed by atoms with Crippen molar-refractivity contribution in [3.8, 4) is 11.3 Å². The molecular weight excluding hydrogens is 328 g/mol. The third-order valence-corrected chi connectivity index (χ3v) is 4.33. The van der Waals surface area contributed by atoms with Crippen LogP contribution in [0.3, 0.4) is 0 Å². The molecule has 0 aromatic carbocycles. The lowest BCUT2D eigenvalue weighted by Crippen LogP contribution is -2.23. The molecule has 7 heteroatoms. The first kappa shape index (κ1) is 16.7. The van der Waals surface area contributed by atoms with Crippen molar-refractivity contribution in [2.75, 3.05) is 25.1 Å². The van der Waals surface area contributed by atoms with Crippen LogP contribution in [0.4, 0.5) is 5.82 Å². The number of nitrogens with zero attached hydrogens (tertiary/aromatic N) is 2. The van der Waals surface area contributed by atoms with Gasteiger partial charge in [0.15, 0.2) is 0 Å². The van der Waals surface area contributed by atoms with Gasteiger partial charge in [-0.3, -0.25) is 9.78 Å². The van der Waals surface area contributed by atoms with Gasteiger partial charge in [-0.25, -0.2) is 4.98 Å². The molecule has 2 aromatic rings. The van der Waals surface area contributed by atoms with Crippen molar-refractivity contribution in [2.24, 2.45) is 11.7 Å². The highest BCUT2D eigenvalue weighted by Gasteiger charge is 2.18. The van der Waals surface area contributed by atoms with E-state index in [4.69, 9.17) is 22.1 Å². The molecule has 1 amide bonds. The van der Waals surface area contributed by atoms with Gasteiger partial charge in [-0.05, 0) is 37.0 Å². The number of nitrogens with one attached hydrogen (secondary N) is 1. The molecule has 0 spiro atoms. The minimum Gasteiger partial charge on any atom is -0.381 e. The van der Waals surface area contributed by atoms with Gasteiger partial charge in [0.2, 0.25) is 0 Å². The summed E-state index contributed by atoms with van der Waals surface area (Å²) in [4.78, 5) is 20.1. The van der Waals surface area contributed by atoms with Crippen LogP contribution in [0.2, 0.25) is 5.02 Å². The number of hydrogen-bond acceptors (Lipinski definition) is 5. The Morgan fingerprint density at radius 3 is 2.92 bits per heavy atom. The summed E-state index contributed by atoms with van der Waals surface area (Å²) >= 11 is 6.27. The van der Waals surface area contributed by atoms with E-state index in [9.17, 15) is 4.79 Å². The van der Waals surface area contributed by atoms with Gasteiger partial charge in [0.1, 0.15) is 5.82 Å². The molecule has 1 fully saturated rings. The molecule has 0 aliphatic carbocycles. The van der Waals surface area contributed by atoms with Gasteiger partial charge in [0.25, 0.3) is 5.91 Å². The lowest BCUT2D eigenvalue weighted by atomic mass is 10.0. The number of pyridine rings is 2. The number of rotatable bonds is 5. The summed E-state index contributed by atoms with van der Waals surface area (Å²) in [6.45, 7) is 2.33. The largest absolute Gasteiger partial charge is 0.381 e. The third kappa shape index (κ3) is 3.83. The van der Waals surface area contributed by atoms with Crippen molar-refractivity contribution >= 4 is 23.3 Å². The first-order valence-corrected chi connectivity index (χ1v) is 8.17. The van der Waals surface area contributed by atoms with E-state index in [0.717, 1.165) is 32.6 Å². The fraction of sp³-hybridized carbons (Fsp3) is 0.353. The quantitative estimate of drug-likeness (QED) is 0.869. The van der Waals surface area contributed by atoms with Crippen LogP contribution in [0.25, 0.3) is 11.3 Å². The number of nitrogens with two attached hydrogens (primary N) is 1. The van der Waals surface area contributed by atoms with Gasteiger partial charge in [-0.1, -0.05) is 11.6 Å². The molecule has 125 valence electrons. The molecule has 3 rings (SSSR count). The predicted octanol–water partition coefficient (Wildman–Crippen LogP) is 2.53. The molecule has 1 aliphatic heterocycles. The topological polar surface area (TPSA) is 90.1 Å². The second kappa shape index (κ2) is 7.59. The number of primary amides is 1. The van der Waals surface area contributed by atoms with Crippen molar-refractivity contribution in [2.45, 2.75) is 12.8 Å². The van der Waals surface area contributed by atoms with E-state index in [2.05, 4.69) is 21.5 Å². The van der Waals surface area contributed by atoms with Crippen LogP contribution >= 0.6 is 11.6 Å². The molecule has 1 aliphatic rings. The highest BCUT2D eigenvalue weighted by atomic mass is 35.5. The van der Waals surface area contributed by atoms with Crippen molar-refractivity contribution in [1.82, 2.24) is 9.97 Å². The zero-order chi connectivity index (χ0) is 16.9. The Morgan fingerprint density at radius 1 is 1.46 bits per heavy atom. The minimum atomic E-state index is -0.577. The second-order valence-corrected chi connectivity index (χ2v) is 6.10. The van der Waals surface area contributed by atoms with Crippen molar-refractivity contribution in [1.29, 1.82) is 0 Å². The van der Waals surface area contributed by atoms with Crippen LogP contribution in [0.1, 0.15) is 23.2 Å². The van der Waals surface area contributed by atoms with Gasteiger partial charge in [0, 0.05) is 31.5 Å². The first-order valence-electron chi connectivity index (χ1n) is 7.79. The standard InChI is InChI=1S/C17H18ClN4O2/c18-14-9-13(16(19)23)15(12-1-5-20-6-2-12)22-17(14)21-10-11-3-7-24-8-4-11/h1-2,5,9,11H,3-4,7-8,10H2,(H2,19,23)(H,21,22). The normalized spacial score (nSPS) is 15.2.